The highest BCUT2D eigenvalue weighted by atomic mass is 32.2. The number of carboxylic acid groups (broad SMARTS) is 1. The van der Waals surface area contributed by atoms with Crippen molar-refractivity contribution in [2.24, 2.45) is 0 Å². The molecule has 1 aromatic heterocycles. The summed E-state index contributed by atoms with van der Waals surface area (Å²) in [5, 5.41) is 8.77. The number of likely N-dealkylation sites (N-methyl/N-ethyl adjacent to an activating group) is 1. The number of esters is 1. The van der Waals surface area contributed by atoms with Crippen LogP contribution in [-0.2, 0) is 19.6 Å². The number of carbonyl (C=O) groups excluding carboxylic acids is 1. The van der Waals surface area contributed by atoms with Crippen LogP contribution >= 0.6 is 11.3 Å². The van der Waals surface area contributed by atoms with Crippen LogP contribution in [0.5, 0.6) is 0 Å². The third-order valence-corrected chi connectivity index (χ3v) is 5.73. The van der Waals surface area contributed by atoms with Crippen molar-refractivity contribution in [2.75, 3.05) is 20.2 Å². The van der Waals surface area contributed by atoms with Gasteiger partial charge in [0.05, 0.1) is 7.11 Å². The van der Waals surface area contributed by atoms with Crippen LogP contribution in [-0.4, -0.2) is 50.0 Å². The van der Waals surface area contributed by atoms with E-state index in [0.717, 1.165) is 11.4 Å². The Morgan fingerprint density at radius 1 is 1.42 bits per heavy atom. The van der Waals surface area contributed by atoms with E-state index in [-0.39, 0.29) is 15.6 Å². The molecule has 0 unspecified atom stereocenters. The second-order valence-corrected chi connectivity index (χ2v) is 6.68. The first-order chi connectivity index (χ1) is 8.82. The lowest BCUT2D eigenvalue weighted by atomic mass is 10.5. The van der Waals surface area contributed by atoms with Crippen molar-refractivity contribution < 1.29 is 27.9 Å². The lowest BCUT2D eigenvalue weighted by Gasteiger charge is -2.17. The molecule has 0 atom stereocenters. The molecule has 106 valence electrons. The van der Waals surface area contributed by atoms with E-state index in [1.807, 2.05) is 0 Å². The summed E-state index contributed by atoms with van der Waals surface area (Å²) in [6.45, 7) is 1.25. The van der Waals surface area contributed by atoms with Crippen LogP contribution in [0.1, 0.15) is 16.6 Å². The van der Waals surface area contributed by atoms with Gasteiger partial charge in [0.1, 0.15) is 15.6 Å². The maximum atomic E-state index is 12.2. The van der Waals surface area contributed by atoms with E-state index in [1.165, 1.54) is 12.1 Å². The Kier molecular flexibility index (Phi) is 5.04. The molecule has 0 aliphatic heterocycles. The number of carbonyl (C=O) groups is 2. The molecule has 9 heteroatoms. The summed E-state index contributed by atoms with van der Waals surface area (Å²) in [5.74, 6) is -1.87. The zero-order valence-corrected chi connectivity index (χ0v) is 12.0. The van der Waals surface area contributed by atoms with Gasteiger partial charge < -0.3 is 9.84 Å². The van der Waals surface area contributed by atoms with Crippen molar-refractivity contribution >= 4 is 33.3 Å². The summed E-state index contributed by atoms with van der Waals surface area (Å²) in [4.78, 5) is 21.8. The van der Waals surface area contributed by atoms with Gasteiger partial charge in [-0.2, -0.15) is 4.31 Å². The number of hydrogen-bond acceptors (Lipinski definition) is 6. The fourth-order valence-electron chi connectivity index (χ4n) is 1.28. The summed E-state index contributed by atoms with van der Waals surface area (Å²) < 4.78 is 29.6. The summed E-state index contributed by atoms with van der Waals surface area (Å²) in [6.07, 6.45) is 0. The first kappa shape index (κ1) is 15.6. The molecule has 0 radical (unpaired) electrons. The van der Waals surface area contributed by atoms with Crippen LogP contribution in [0.15, 0.2) is 16.3 Å². The second kappa shape index (κ2) is 6.13. The van der Waals surface area contributed by atoms with Crippen molar-refractivity contribution in [2.45, 2.75) is 11.1 Å². The van der Waals surface area contributed by atoms with Gasteiger partial charge in [0, 0.05) is 6.54 Å². The summed E-state index contributed by atoms with van der Waals surface area (Å²) >= 11 is 0.645. The fraction of sp³-hybridized carbons (Fsp3) is 0.400. The van der Waals surface area contributed by atoms with Gasteiger partial charge in [0.15, 0.2) is 0 Å². The maximum absolute atomic E-state index is 12.2. The van der Waals surface area contributed by atoms with Gasteiger partial charge in [0.25, 0.3) is 10.0 Å². The predicted molar refractivity (Wildman–Crippen MR) is 67.7 cm³/mol. The summed E-state index contributed by atoms with van der Waals surface area (Å²) in [7, 11) is -2.72. The number of nitrogens with zero attached hydrogens (tertiary/aromatic N) is 1. The first-order valence-electron chi connectivity index (χ1n) is 5.23. The quantitative estimate of drug-likeness (QED) is 0.774. The van der Waals surface area contributed by atoms with Gasteiger partial charge in [-0.15, -0.1) is 11.3 Å². The van der Waals surface area contributed by atoms with E-state index in [1.54, 1.807) is 6.92 Å². The van der Waals surface area contributed by atoms with Gasteiger partial charge in [-0.25, -0.2) is 13.2 Å². The minimum Gasteiger partial charge on any atom is -0.477 e. The number of methoxy groups -OCH3 is 1. The first-order valence-corrected chi connectivity index (χ1v) is 7.48. The van der Waals surface area contributed by atoms with Gasteiger partial charge in [0.2, 0.25) is 0 Å². The zero-order chi connectivity index (χ0) is 14.6. The van der Waals surface area contributed by atoms with Gasteiger partial charge in [-0.3, -0.25) is 4.79 Å². The Labute approximate surface area is 114 Å². The minimum atomic E-state index is -3.88. The standard InChI is InChI=1S/C10H13NO6S2/c1-3-11(6-8(12)17-2)19(15,16)9-5-4-7(18-9)10(13)14/h4-5H,3,6H2,1-2H3,(H,13,14). The summed E-state index contributed by atoms with van der Waals surface area (Å²) in [5.41, 5.74) is 0. The Morgan fingerprint density at radius 3 is 2.47 bits per heavy atom. The third-order valence-electron chi connectivity index (χ3n) is 2.27. The Bertz CT molecular complexity index is 577. The molecule has 1 aromatic rings. The van der Waals surface area contributed by atoms with Gasteiger partial charge in [-0.1, -0.05) is 6.92 Å². The number of ether oxygens (including phenoxy) is 1. The zero-order valence-electron chi connectivity index (χ0n) is 10.3. The van der Waals surface area contributed by atoms with Crippen molar-refractivity contribution in [1.82, 2.24) is 4.31 Å². The van der Waals surface area contributed by atoms with E-state index in [9.17, 15) is 18.0 Å². The van der Waals surface area contributed by atoms with Crippen molar-refractivity contribution in [3.8, 4) is 0 Å². The molecular weight excluding hydrogens is 294 g/mol. The summed E-state index contributed by atoms with van der Waals surface area (Å²) in [6, 6.07) is 2.43. The highest BCUT2D eigenvalue weighted by Crippen LogP contribution is 2.24. The van der Waals surface area contributed by atoms with Crippen LogP contribution < -0.4 is 0 Å². The molecule has 0 spiro atoms. The largest absolute Gasteiger partial charge is 0.477 e. The number of sulfonamides is 1. The van der Waals surface area contributed by atoms with E-state index >= 15 is 0 Å². The molecule has 0 amide bonds. The smallest absolute Gasteiger partial charge is 0.345 e. The molecule has 1 rings (SSSR count). The number of carboxylic acids is 1. The monoisotopic (exact) mass is 307 g/mol. The fourth-order valence-corrected chi connectivity index (χ4v) is 3.97. The SMILES string of the molecule is CCN(CC(=O)OC)S(=O)(=O)c1ccc(C(=O)O)s1. The van der Waals surface area contributed by atoms with E-state index < -0.39 is 28.5 Å². The number of hydrogen-bond donors (Lipinski definition) is 1. The number of aromatic carboxylic acids is 1. The maximum Gasteiger partial charge on any atom is 0.345 e. The predicted octanol–water partition coefficient (Wildman–Crippen LogP) is 0.630. The van der Waals surface area contributed by atoms with Crippen LogP contribution in [0.3, 0.4) is 0 Å². The molecule has 7 nitrogen and oxygen atoms in total. The Morgan fingerprint density at radius 2 is 2.05 bits per heavy atom. The Balaban J connectivity index is 3.06. The number of thiophene rings is 1. The highest BCUT2D eigenvalue weighted by Gasteiger charge is 2.27. The minimum absolute atomic E-state index is 0.0762. The molecule has 0 aliphatic carbocycles. The Hall–Kier alpha value is -1.45. The van der Waals surface area contributed by atoms with Gasteiger partial charge in [-0.05, 0) is 12.1 Å². The average Bonchev–Trinajstić information content (AvgIpc) is 2.85. The van der Waals surface area contributed by atoms with E-state index in [2.05, 4.69) is 4.74 Å². The molecule has 0 saturated heterocycles. The van der Waals surface area contributed by atoms with Gasteiger partial charge >= 0.3 is 11.9 Å². The molecule has 19 heavy (non-hydrogen) atoms. The molecule has 1 heterocycles. The van der Waals surface area contributed by atoms with E-state index in [0.29, 0.717) is 11.3 Å². The molecular formula is C10H13NO6S2. The molecule has 0 bridgehead atoms. The van der Waals surface area contributed by atoms with Crippen molar-refractivity contribution in [3.05, 3.63) is 17.0 Å². The van der Waals surface area contributed by atoms with Crippen molar-refractivity contribution in [1.29, 1.82) is 0 Å². The van der Waals surface area contributed by atoms with Crippen LogP contribution in [0, 0.1) is 0 Å². The van der Waals surface area contributed by atoms with Crippen LogP contribution in [0.2, 0.25) is 0 Å². The third kappa shape index (κ3) is 3.52. The second-order valence-electron chi connectivity index (χ2n) is 3.43. The van der Waals surface area contributed by atoms with Crippen molar-refractivity contribution in [3.63, 3.8) is 0 Å². The molecule has 0 aliphatic rings. The number of rotatable bonds is 6. The topological polar surface area (TPSA) is 101 Å². The molecule has 0 saturated carbocycles. The van der Waals surface area contributed by atoms with E-state index in [4.69, 9.17) is 5.11 Å². The van der Waals surface area contributed by atoms with Crippen LogP contribution in [0.4, 0.5) is 0 Å². The lowest BCUT2D eigenvalue weighted by molar-refractivity contribution is -0.140. The highest BCUT2D eigenvalue weighted by molar-refractivity contribution is 7.91. The average molecular weight is 307 g/mol. The lowest BCUT2D eigenvalue weighted by Crippen LogP contribution is -2.35. The van der Waals surface area contributed by atoms with Crippen LogP contribution in [0.25, 0.3) is 0 Å². The molecule has 1 N–H and O–H groups in total. The molecule has 0 aromatic carbocycles. The molecule has 0 fully saturated rings. The normalized spacial score (nSPS) is 11.5.